The van der Waals surface area contributed by atoms with E-state index in [1.165, 1.54) is 37.4 Å². The topological polar surface area (TPSA) is 94.8 Å². The average molecular weight is 335 g/mol. The minimum absolute atomic E-state index is 0.0112. The average Bonchev–Trinajstić information content (AvgIpc) is 3.06. The summed E-state index contributed by atoms with van der Waals surface area (Å²) in [6, 6.07) is 7.92. The van der Waals surface area contributed by atoms with Crippen LogP contribution in [0.25, 0.3) is 0 Å². The molecule has 1 aromatic heterocycles. The van der Waals surface area contributed by atoms with Crippen molar-refractivity contribution in [3.8, 4) is 0 Å². The van der Waals surface area contributed by atoms with Gasteiger partial charge in [-0.05, 0) is 30.3 Å². The number of carbonyl (C=O) groups excluding carboxylic acids is 3. The molecule has 126 valence electrons. The van der Waals surface area contributed by atoms with Gasteiger partial charge in [0.05, 0.1) is 7.11 Å². The van der Waals surface area contributed by atoms with Gasteiger partial charge in [-0.2, -0.15) is 0 Å². The number of carbonyl (C=O) groups is 3. The van der Waals surface area contributed by atoms with Crippen LogP contribution in [0, 0.1) is 5.82 Å². The van der Waals surface area contributed by atoms with Crippen LogP contribution in [0.15, 0.2) is 40.8 Å². The summed E-state index contributed by atoms with van der Waals surface area (Å²) in [5.74, 6) is -2.27. The van der Waals surface area contributed by atoms with Crippen LogP contribution < -0.4 is 5.32 Å². The quantitative estimate of drug-likeness (QED) is 0.807. The Kier molecular flexibility index (Phi) is 5.67. The zero-order valence-electron chi connectivity index (χ0n) is 12.7. The first kappa shape index (κ1) is 17.2. The largest absolute Gasteiger partial charge is 0.463 e. The van der Waals surface area contributed by atoms with Crippen molar-refractivity contribution in [2.45, 2.75) is 6.61 Å². The Balaban J connectivity index is 1.78. The zero-order valence-corrected chi connectivity index (χ0v) is 12.7. The maximum Gasteiger partial charge on any atom is 0.373 e. The van der Waals surface area contributed by atoms with E-state index in [-0.39, 0.29) is 30.2 Å². The number of furan rings is 1. The molecule has 2 aromatic rings. The smallest absolute Gasteiger partial charge is 0.373 e. The first-order chi connectivity index (χ1) is 11.5. The summed E-state index contributed by atoms with van der Waals surface area (Å²) in [7, 11) is 1.21. The first-order valence-corrected chi connectivity index (χ1v) is 6.86. The number of rotatable bonds is 6. The SMILES string of the molecule is COC(=O)c1ccc(COC(=O)CNC(=O)c2cccc(F)c2)o1. The van der Waals surface area contributed by atoms with Crippen LogP contribution in [0.1, 0.15) is 26.7 Å². The molecule has 7 nitrogen and oxygen atoms in total. The molecule has 0 radical (unpaired) electrons. The molecule has 0 spiro atoms. The predicted octanol–water partition coefficient (Wildman–Crippen LogP) is 1.68. The number of halogens is 1. The third-order valence-corrected chi connectivity index (χ3v) is 2.90. The monoisotopic (exact) mass is 335 g/mol. The van der Waals surface area contributed by atoms with Crippen molar-refractivity contribution in [3.05, 3.63) is 59.3 Å². The van der Waals surface area contributed by atoms with E-state index in [0.29, 0.717) is 0 Å². The van der Waals surface area contributed by atoms with E-state index in [0.717, 1.165) is 6.07 Å². The maximum atomic E-state index is 13.0. The number of benzene rings is 1. The Hall–Kier alpha value is -3.16. The van der Waals surface area contributed by atoms with E-state index in [1.54, 1.807) is 0 Å². The van der Waals surface area contributed by atoms with Gasteiger partial charge in [0, 0.05) is 5.56 Å². The van der Waals surface area contributed by atoms with Crippen molar-refractivity contribution in [2.24, 2.45) is 0 Å². The Bertz CT molecular complexity index is 755. The summed E-state index contributed by atoms with van der Waals surface area (Å²) in [5, 5.41) is 2.31. The lowest BCUT2D eigenvalue weighted by molar-refractivity contribution is -0.144. The summed E-state index contributed by atoms with van der Waals surface area (Å²) in [5.41, 5.74) is 0.0940. The van der Waals surface area contributed by atoms with E-state index in [2.05, 4.69) is 10.1 Å². The molecule has 0 bridgehead atoms. The maximum absolute atomic E-state index is 13.0. The highest BCUT2D eigenvalue weighted by Crippen LogP contribution is 2.10. The fraction of sp³-hybridized carbons (Fsp3) is 0.188. The molecular weight excluding hydrogens is 321 g/mol. The van der Waals surface area contributed by atoms with E-state index in [9.17, 15) is 18.8 Å². The summed E-state index contributed by atoms with van der Waals surface area (Å²) in [6.07, 6.45) is 0. The van der Waals surface area contributed by atoms with Crippen LogP contribution in [0.5, 0.6) is 0 Å². The van der Waals surface area contributed by atoms with E-state index >= 15 is 0 Å². The molecule has 0 saturated heterocycles. The fourth-order valence-electron chi connectivity index (χ4n) is 1.75. The van der Waals surface area contributed by atoms with E-state index < -0.39 is 23.7 Å². The van der Waals surface area contributed by atoms with Gasteiger partial charge in [-0.25, -0.2) is 9.18 Å². The second-order valence-electron chi connectivity index (χ2n) is 4.61. The van der Waals surface area contributed by atoms with Gasteiger partial charge in [0.15, 0.2) is 0 Å². The van der Waals surface area contributed by atoms with Crippen LogP contribution in [0.2, 0.25) is 0 Å². The highest BCUT2D eigenvalue weighted by Gasteiger charge is 2.13. The van der Waals surface area contributed by atoms with Crippen molar-refractivity contribution < 1.29 is 32.7 Å². The standard InChI is InChI=1S/C16H14FNO6/c1-22-16(21)13-6-5-12(24-13)9-23-14(19)8-18-15(20)10-3-2-4-11(17)7-10/h2-7H,8-9H2,1H3,(H,18,20). The zero-order chi connectivity index (χ0) is 17.5. The van der Waals surface area contributed by atoms with Gasteiger partial charge in [0.2, 0.25) is 5.76 Å². The van der Waals surface area contributed by atoms with Gasteiger partial charge in [-0.1, -0.05) is 6.07 Å². The third kappa shape index (κ3) is 4.67. The minimum Gasteiger partial charge on any atom is -0.463 e. The molecule has 0 aliphatic carbocycles. The van der Waals surface area contributed by atoms with Crippen molar-refractivity contribution in [1.29, 1.82) is 0 Å². The molecule has 0 fully saturated rings. The summed E-state index contributed by atoms with van der Waals surface area (Å²) in [6.45, 7) is -0.592. The number of methoxy groups -OCH3 is 1. The van der Waals surface area contributed by atoms with Gasteiger partial charge in [0.1, 0.15) is 24.7 Å². The van der Waals surface area contributed by atoms with Crippen LogP contribution in [0.3, 0.4) is 0 Å². The van der Waals surface area contributed by atoms with Crippen LogP contribution in [-0.2, 0) is 20.9 Å². The molecule has 8 heteroatoms. The summed E-state index contributed by atoms with van der Waals surface area (Å²) < 4.78 is 27.5. The van der Waals surface area contributed by atoms with Gasteiger partial charge >= 0.3 is 11.9 Å². The van der Waals surface area contributed by atoms with Gasteiger partial charge in [-0.15, -0.1) is 0 Å². The highest BCUT2D eigenvalue weighted by atomic mass is 19.1. The van der Waals surface area contributed by atoms with E-state index in [1.807, 2.05) is 0 Å². The molecule has 1 amide bonds. The normalized spacial score (nSPS) is 10.1. The van der Waals surface area contributed by atoms with Crippen molar-refractivity contribution in [1.82, 2.24) is 5.32 Å². The van der Waals surface area contributed by atoms with Crippen LogP contribution in [-0.4, -0.2) is 31.5 Å². The van der Waals surface area contributed by atoms with Crippen molar-refractivity contribution in [2.75, 3.05) is 13.7 Å². The highest BCUT2D eigenvalue weighted by molar-refractivity contribution is 5.95. The molecule has 24 heavy (non-hydrogen) atoms. The second kappa shape index (κ2) is 7.91. The molecule has 1 N–H and O–H groups in total. The lowest BCUT2D eigenvalue weighted by Gasteiger charge is -2.05. The lowest BCUT2D eigenvalue weighted by Crippen LogP contribution is -2.30. The van der Waals surface area contributed by atoms with Gasteiger partial charge in [-0.3, -0.25) is 9.59 Å². The molecule has 0 atom stereocenters. The predicted molar refractivity (Wildman–Crippen MR) is 78.6 cm³/mol. The molecule has 2 rings (SSSR count). The van der Waals surface area contributed by atoms with Gasteiger partial charge in [0.25, 0.3) is 5.91 Å². The van der Waals surface area contributed by atoms with Crippen LogP contribution >= 0.6 is 0 Å². The molecule has 1 aromatic carbocycles. The van der Waals surface area contributed by atoms with Crippen molar-refractivity contribution in [3.63, 3.8) is 0 Å². The first-order valence-electron chi connectivity index (χ1n) is 6.86. The number of hydrogen-bond donors (Lipinski definition) is 1. The van der Waals surface area contributed by atoms with Gasteiger partial charge < -0.3 is 19.2 Å². The van der Waals surface area contributed by atoms with Crippen molar-refractivity contribution >= 4 is 17.8 Å². The number of ether oxygens (including phenoxy) is 2. The molecular formula is C16H14FNO6. The molecule has 0 saturated carbocycles. The summed E-state index contributed by atoms with van der Waals surface area (Å²) >= 11 is 0. The Morgan fingerprint density at radius 3 is 2.71 bits per heavy atom. The number of hydrogen-bond acceptors (Lipinski definition) is 6. The number of nitrogens with one attached hydrogen (secondary N) is 1. The third-order valence-electron chi connectivity index (χ3n) is 2.90. The molecule has 0 unspecified atom stereocenters. The number of esters is 2. The minimum atomic E-state index is -0.712. The van der Waals surface area contributed by atoms with Crippen LogP contribution in [0.4, 0.5) is 4.39 Å². The fourth-order valence-corrected chi connectivity index (χ4v) is 1.75. The van der Waals surface area contributed by atoms with E-state index in [4.69, 9.17) is 9.15 Å². The Labute approximate surface area is 136 Å². The Morgan fingerprint density at radius 1 is 1.21 bits per heavy atom. The molecule has 0 aliphatic heterocycles. The molecule has 1 heterocycles. The second-order valence-corrected chi connectivity index (χ2v) is 4.61. The lowest BCUT2D eigenvalue weighted by atomic mass is 10.2. The Morgan fingerprint density at radius 2 is 2.00 bits per heavy atom. The summed E-state index contributed by atoms with van der Waals surface area (Å²) in [4.78, 5) is 34.5. The number of amides is 1. The molecule has 0 aliphatic rings.